The fourth-order valence-corrected chi connectivity index (χ4v) is 4.07. The Balaban J connectivity index is 1.95. The number of aliphatic hydroxyl groups is 1. The third-order valence-corrected chi connectivity index (χ3v) is 6.64. The van der Waals surface area contributed by atoms with Crippen LogP contribution in [0.3, 0.4) is 0 Å². The Hall–Kier alpha value is -2.83. The third-order valence-electron chi connectivity index (χ3n) is 5.34. The van der Waals surface area contributed by atoms with Gasteiger partial charge in [0.25, 0.3) is 11.7 Å². The zero-order valence-corrected chi connectivity index (χ0v) is 19.4. The highest BCUT2D eigenvalue weighted by atomic mass is 79.9. The molecule has 0 spiro atoms. The van der Waals surface area contributed by atoms with E-state index in [2.05, 4.69) is 15.9 Å². The van der Waals surface area contributed by atoms with Crippen LogP contribution in [0, 0.1) is 20.8 Å². The number of aliphatic hydroxyl groups excluding tert-OH is 1. The quantitative estimate of drug-likeness (QED) is 0.262. The van der Waals surface area contributed by atoms with Gasteiger partial charge >= 0.3 is 0 Å². The highest BCUT2D eigenvalue weighted by Crippen LogP contribution is 2.43. The molecule has 1 saturated heterocycles. The van der Waals surface area contributed by atoms with Crippen molar-refractivity contribution in [2.75, 3.05) is 4.90 Å². The maximum Gasteiger partial charge on any atom is 0.300 e. The van der Waals surface area contributed by atoms with Gasteiger partial charge in [-0.3, -0.25) is 14.5 Å². The molecule has 1 aliphatic heterocycles. The van der Waals surface area contributed by atoms with Crippen molar-refractivity contribution in [3.05, 3.63) is 91.8 Å². The fourth-order valence-electron chi connectivity index (χ4n) is 3.65. The fraction of sp³-hybridized carbons (Fsp3) is 0.167. The molecule has 2 heterocycles. The number of carbonyl (C=O) groups excluding carboxylic acids is 2. The average Bonchev–Trinajstić information content (AvgIpc) is 3.27. The SMILES string of the molecule is Cc1ccc(C2/C(=C(/O)c3ccc(Br)c(C)c3)C(=O)C(=O)N2c2ccc(C)c(Cl)c2)o1. The number of anilines is 1. The second-order valence-corrected chi connectivity index (χ2v) is 8.78. The van der Waals surface area contributed by atoms with Gasteiger partial charge < -0.3 is 9.52 Å². The summed E-state index contributed by atoms with van der Waals surface area (Å²) in [6.45, 7) is 5.50. The highest BCUT2D eigenvalue weighted by Gasteiger charge is 2.48. The van der Waals surface area contributed by atoms with Crippen molar-refractivity contribution in [1.82, 2.24) is 0 Å². The van der Waals surface area contributed by atoms with Gasteiger partial charge in [0.2, 0.25) is 0 Å². The van der Waals surface area contributed by atoms with Crippen molar-refractivity contribution < 1.29 is 19.1 Å². The number of benzene rings is 2. The number of rotatable bonds is 3. The van der Waals surface area contributed by atoms with Crippen molar-refractivity contribution in [2.24, 2.45) is 0 Å². The molecule has 4 rings (SSSR count). The van der Waals surface area contributed by atoms with Crippen LogP contribution in [-0.2, 0) is 9.59 Å². The van der Waals surface area contributed by atoms with Crippen molar-refractivity contribution in [1.29, 1.82) is 0 Å². The van der Waals surface area contributed by atoms with Crippen LogP contribution in [0.4, 0.5) is 5.69 Å². The van der Waals surface area contributed by atoms with E-state index in [0.29, 0.717) is 27.8 Å². The third kappa shape index (κ3) is 3.70. The molecule has 1 aromatic heterocycles. The van der Waals surface area contributed by atoms with E-state index in [1.807, 2.05) is 13.8 Å². The summed E-state index contributed by atoms with van der Waals surface area (Å²) in [7, 11) is 0. The topological polar surface area (TPSA) is 70.8 Å². The molecule has 1 aliphatic rings. The Bertz CT molecular complexity index is 1260. The summed E-state index contributed by atoms with van der Waals surface area (Å²) in [6, 6.07) is 12.9. The smallest absolute Gasteiger partial charge is 0.300 e. The Labute approximate surface area is 193 Å². The molecular formula is C24H19BrClNO4. The molecule has 7 heteroatoms. The van der Waals surface area contributed by atoms with E-state index >= 15 is 0 Å². The Morgan fingerprint density at radius 3 is 2.39 bits per heavy atom. The summed E-state index contributed by atoms with van der Waals surface area (Å²) in [4.78, 5) is 27.5. The molecule has 31 heavy (non-hydrogen) atoms. The van der Waals surface area contributed by atoms with Gasteiger partial charge in [0.15, 0.2) is 0 Å². The first-order valence-electron chi connectivity index (χ1n) is 9.59. The van der Waals surface area contributed by atoms with Crippen LogP contribution in [0.1, 0.15) is 34.3 Å². The van der Waals surface area contributed by atoms with E-state index < -0.39 is 17.7 Å². The van der Waals surface area contributed by atoms with Gasteiger partial charge in [-0.1, -0.05) is 39.7 Å². The van der Waals surface area contributed by atoms with Gasteiger partial charge in [0.1, 0.15) is 23.3 Å². The normalized spacial score (nSPS) is 18.1. The molecule has 1 fully saturated rings. The average molecular weight is 501 g/mol. The van der Waals surface area contributed by atoms with E-state index in [4.69, 9.17) is 16.0 Å². The Kier molecular flexibility index (Phi) is 5.54. The molecule has 0 radical (unpaired) electrons. The van der Waals surface area contributed by atoms with E-state index in [-0.39, 0.29) is 11.3 Å². The van der Waals surface area contributed by atoms with Gasteiger partial charge in [-0.25, -0.2) is 0 Å². The number of Topliss-reactive ketones (excluding diaryl/α,β-unsaturated/α-hetero) is 1. The standard InChI is InChI=1S/C24H19BrClNO4/c1-12-4-7-16(11-18(12)26)27-21(19-9-5-14(3)31-19)20(23(29)24(27)30)22(28)15-6-8-17(25)13(2)10-15/h4-11,21,28H,1-3H3/b22-20-. The zero-order valence-electron chi connectivity index (χ0n) is 17.1. The lowest BCUT2D eigenvalue weighted by molar-refractivity contribution is -0.132. The Morgan fingerprint density at radius 2 is 1.77 bits per heavy atom. The van der Waals surface area contributed by atoms with Gasteiger partial charge in [0, 0.05) is 20.7 Å². The summed E-state index contributed by atoms with van der Waals surface area (Å²) in [5, 5.41) is 11.6. The molecular weight excluding hydrogens is 482 g/mol. The summed E-state index contributed by atoms with van der Waals surface area (Å²) < 4.78 is 6.67. The highest BCUT2D eigenvalue weighted by molar-refractivity contribution is 9.10. The molecule has 0 aliphatic carbocycles. The molecule has 3 aromatic rings. The second kappa shape index (κ2) is 8.02. The monoisotopic (exact) mass is 499 g/mol. The second-order valence-electron chi connectivity index (χ2n) is 7.51. The number of halogens is 2. The first kappa shape index (κ1) is 21.4. The number of furan rings is 1. The molecule has 158 valence electrons. The van der Waals surface area contributed by atoms with E-state index in [9.17, 15) is 14.7 Å². The number of amides is 1. The molecule has 1 unspecified atom stereocenters. The minimum Gasteiger partial charge on any atom is -0.507 e. The molecule has 5 nitrogen and oxygen atoms in total. The van der Waals surface area contributed by atoms with Crippen molar-refractivity contribution in [3.63, 3.8) is 0 Å². The van der Waals surface area contributed by atoms with Crippen LogP contribution in [0.15, 0.2) is 63.0 Å². The van der Waals surface area contributed by atoms with Crippen molar-refractivity contribution >= 4 is 50.7 Å². The first-order chi connectivity index (χ1) is 14.7. The van der Waals surface area contributed by atoms with E-state index in [1.54, 1.807) is 55.5 Å². The van der Waals surface area contributed by atoms with Gasteiger partial charge in [-0.2, -0.15) is 0 Å². The van der Waals surface area contributed by atoms with Gasteiger partial charge in [-0.05, 0) is 68.3 Å². The van der Waals surface area contributed by atoms with Crippen LogP contribution in [0.25, 0.3) is 5.76 Å². The molecule has 1 atom stereocenters. The van der Waals surface area contributed by atoms with Gasteiger partial charge in [0.05, 0.1) is 5.57 Å². The zero-order chi connectivity index (χ0) is 22.4. The Morgan fingerprint density at radius 1 is 1.03 bits per heavy atom. The molecule has 2 aromatic carbocycles. The minimum absolute atomic E-state index is 0.0298. The minimum atomic E-state index is -0.920. The number of hydrogen-bond donors (Lipinski definition) is 1. The molecule has 1 N–H and O–H groups in total. The number of ketones is 1. The number of hydrogen-bond acceptors (Lipinski definition) is 4. The van der Waals surface area contributed by atoms with Crippen molar-refractivity contribution in [2.45, 2.75) is 26.8 Å². The summed E-state index contributed by atoms with van der Waals surface area (Å²) in [5.41, 5.74) is 2.58. The van der Waals surface area contributed by atoms with E-state index in [1.165, 1.54) is 4.90 Å². The number of aryl methyl sites for hydroxylation is 3. The first-order valence-corrected chi connectivity index (χ1v) is 10.8. The molecule has 1 amide bonds. The van der Waals surface area contributed by atoms with Crippen LogP contribution in [-0.4, -0.2) is 16.8 Å². The molecule has 0 saturated carbocycles. The number of carbonyl (C=O) groups is 2. The lowest BCUT2D eigenvalue weighted by Gasteiger charge is -2.24. The summed E-state index contributed by atoms with van der Waals surface area (Å²) in [6.07, 6.45) is 0. The predicted octanol–water partition coefficient (Wildman–Crippen LogP) is 6.25. The van der Waals surface area contributed by atoms with E-state index in [0.717, 1.165) is 15.6 Å². The maximum atomic E-state index is 13.1. The van der Waals surface area contributed by atoms with Crippen LogP contribution in [0.2, 0.25) is 5.02 Å². The number of nitrogens with zero attached hydrogens (tertiary/aromatic N) is 1. The van der Waals surface area contributed by atoms with Crippen LogP contribution < -0.4 is 4.90 Å². The van der Waals surface area contributed by atoms with Crippen LogP contribution >= 0.6 is 27.5 Å². The summed E-state index contributed by atoms with van der Waals surface area (Å²) >= 11 is 9.72. The van der Waals surface area contributed by atoms with Gasteiger partial charge in [-0.15, -0.1) is 0 Å². The molecule has 0 bridgehead atoms. The largest absolute Gasteiger partial charge is 0.507 e. The van der Waals surface area contributed by atoms with Crippen LogP contribution in [0.5, 0.6) is 0 Å². The summed E-state index contributed by atoms with van der Waals surface area (Å²) in [5.74, 6) is -0.789. The lowest BCUT2D eigenvalue weighted by atomic mass is 9.98. The maximum absolute atomic E-state index is 13.1. The predicted molar refractivity (Wildman–Crippen MR) is 123 cm³/mol. The van der Waals surface area contributed by atoms with Crippen molar-refractivity contribution in [3.8, 4) is 0 Å². The lowest BCUT2D eigenvalue weighted by Crippen LogP contribution is -2.29.